The minimum atomic E-state index is -0.398. The number of aromatic nitrogens is 3. The molecule has 1 saturated carbocycles. The van der Waals surface area contributed by atoms with Crippen LogP contribution in [0.5, 0.6) is 5.75 Å². The number of benzene rings is 1. The monoisotopic (exact) mass is 397 g/mol. The molecule has 0 saturated heterocycles. The standard InChI is InChI=1S/C21H27N5O3/c1-15-4-5-18-17(11-15)20(28)23-12-21(29-18)8-6-16(7-9-21)25-19(27)3-2-10-26-14-22-13-24-26/h4-5,11,13-14,16H,2-3,6-10,12H2,1H3,(H,23,28)(H,25,27). The fourth-order valence-corrected chi connectivity index (χ4v) is 4.13. The van der Waals surface area contributed by atoms with Crippen molar-refractivity contribution in [2.75, 3.05) is 6.54 Å². The lowest BCUT2D eigenvalue weighted by Gasteiger charge is -2.39. The molecular weight excluding hydrogens is 370 g/mol. The number of carbonyl (C=O) groups is 2. The zero-order valence-corrected chi connectivity index (χ0v) is 16.7. The van der Waals surface area contributed by atoms with E-state index in [2.05, 4.69) is 20.7 Å². The lowest BCUT2D eigenvalue weighted by molar-refractivity contribution is -0.122. The van der Waals surface area contributed by atoms with Crippen LogP contribution in [0.1, 0.15) is 54.4 Å². The Morgan fingerprint density at radius 3 is 2.97 bits per heavy atom. The second kappa shape index (κ2) is 8.23. The second-order valence-corrected chi connectivity index (χ2v) is 8.07. The molecule has 2 amide bonds. The fourth-order valence-electron chi connectivity index (χ4n) is 4.13. The number of rotatable bonds is 5. The number of ether oxygens (including phenoxy) is 1. The molecule has 0 atom stereocenters. The van der Waals surface area contributed by atoms with E-state index in [1.54, 1.807) is 11.0 Å². The Morgan fingerprint density at radius 2 is 2.21 bits per heavy atom. The first-order valence-corrected chi connectivity index (χ1v) is 10.2. The average Bonchev–Trinajstić information content (AvgIpc) is 3.18. The zero-order valence-electron chi connectivity index (χ0n) is 16.7. The molecule has 154 valence electrons. The average molecular weight is 397 g/mol. The van der Waals surface area contributed by atoms with E-state index in [1.807, 2.05) is 25.1 Å². The third kappa shape index (κ3) is 4.58. The van der Waals surface area contributed by atoms with Gasteiger partial charge in [0.05, 0.1) is 12.1 Å². The largest absolute Gasteiger partial charge is 0.485 e. The SMILES string of the molecule is Cc1ccc2c(c1)C(=O)NCC1(CCC(NC(=O)CCCn3cncn3)CC1)O2. The highest BCUT2D eigenvalue weighted by molar-refractivity contribution is 5.97. The van der Waals surface area contributed by atoms with E-state index in [-0.39, 0.29) is 17.9 Å². The van der Waals surface area contributed by atoms with Gasteiger partial charge < -0.3 is 15.4 Å². The van der Waals surface area contributed by atoms with Crippen LogP contribution in [0.15, 0.2) is 30.9 Å². The number of hydrogen-bond acceptors (Lipinski definition) is 5. The van der Waals surface area contributed by atoms with Gasteiger partial charge >= 0.3 is 0 Å². The van der Waals surface area contributed by atoms with E-state index in [4.69, 9.17) is 4.74 Å². The van der Waals surface area contributed by atoms with Crippen molar-refractivity contribution in [2.24, 2.45) is 0 Å². The number of hydrogen-bond donors (Lipinski definition) is 2. The molecule has 1 fully saturated rings. The van der Waals surface area contributed by atoms with Crippen molar-refractivity contribution in [1.82, 2.24) is 25.4 Å². The predicted molar refractivity (Wildman–Crippen MR) is 107 cm³/mol. The summed E-state index contributed by atoms with van der Waals surface area (Å²) in [5.41, 5.74) is 1.24. The van der Waals surface area contributed by atoms with Gasteiger partial charge in [-0.25, -0.2) is 4.98 Å². The molecule has 8 heteroatoms. The van der Waals surface area contributed by atoms with Gasteiger partial charge in [0.25, 0.3) is 5.91 Å². The Bertz CT molecular complexity index is 872. The molecule has 1 spiro atoms. The summed E-state index contributed by atoms with van der Waals surface area (Å²) in [7, 11) is 0. The molecule has 2 aromatic rings. The number of nitrogens with one attached hydrogen (secondary N) is 2. The normalized spacial score (nSPS) is 23.6. The molecular formula is C21H27N5O3. The first kappa shape index (κ1) is 19.4. The first-order chi connectivity index (χ1) is 14.0. The van der Waals surface area contributed by atoms with Gasteiger partial charge in [0, 0.05) is 19.0 Å². The van der Waals surface area contributed by atoms with E-state index >= 15 is 0 Å². The van der Waals surface area contributed by atoms with Gasteiger partial charge in [-0.2, -0.15) is 5.10 Å². The summed E-state index contributed by atoms with van der Waals surface area (Å²) in [6.45, 7) is 3.15. The molecule has 0 radical (unpaired) electrons. The van der Waals surface area contributed by atoms with Crippen molar-refractivity contribution in [3.63, 3.8) is 0 Å². The Hall–Kier alpha value is -2.90. The first-order valence-electron chi connectivity index (χ1n) is 10.2. The summed E-state index contributed by atoms with van der Waals surface area (Å²) in [5, 5.41) is 10.2. The number of aryl methyl sites for hydroxylation is 2. The smallest absolute Gasteiger partial charge is 0.255 e. The second-order valence-electron chi connectivity index (χ2n) is 8.07. The Labute approximate surface area is 170 Å². The van der Waals surface area contributed by atoms with Crippen LogP contribution >= 0.6 is 0 Å². The molecule has 2 aliphatic rings. The van der Waals surface area contributed by atoms with Gasteiger partial charge in [-0.15, -0.1) is 0 Å². The molecule has 1 aliphatic heterocycles. The van der Waals surface area contributed by atoms with Crippen molar-refractivity contribution < 1.29 is 14.3 Å². The summed E-state index contributed by atoms with van der Waals surface area (Å²) in [5.74, 6) is 0.645. The predicted octanol–water partition coefficient (Wildman–Crippen LogP) is 1.99. The minimum Gasteiger partial charge on any atom is -0.485 e. The quantitative estimate of drug-likeness (QED) is 0.804. The number of amides is 2. The van der Waals surface area contributed by atoms with Gasteiger partial charge in [-0.05, 0) is 51.2 Å². The molecule has 29 heavy (non-hydrogen) atoms. The molecule has 1 aromatic carbocycles. The molecule has 4 rings (SSSR count). The van der Waals surface area contributed by atoms with Gasteiger partial charge in [0.1, 0.15) is 24.0 Å². The van der Waals surface area contributed by atoms with Crippen LogP contribution in [0.25, 0.3) is 0 Å². The molecule has 0 unspecified atom stereocenters. The van der Waals surface area contributed by atoms with Gasteiger partial charge in [-0.3, -0.25) is 14.3 Å². The molecule has 1 aliphatic carbocycles. The van der Waals surface area contributed by atoms with Crippen LogP contribution in [0.2, 0.25) is 0 Å². The lowest BCUT2D eigenvalue weighted by atomic mass is 9.81. The van der Waals surface area contributed by atoms with E-state index in [0.717, 1.165) is 37.7 Å². The minimum absolute atomic E-state index is 0.0713. The summed E-state index contributed by atoms with van der Waals surface area (Å²) >= 11 is 0. The third-order valence-corrected chi connectivity index (χ3v) is 5.80. The molecule has 1 aromatic heterocycles. The number of nitrogens with zero attached hydrogens (tertiary/aromatic N) is 3. The van der Waals surface area contributed by atoms with Gasteiger partial charge in [0.15, 0.2) is 0 Å². The number of carbonyl (C=O) groups excluding carboxylic acids is 2. The van der Waals surface area contributed by atoms with Gasteiger partial charge in [0.2, 0.25) is 5.91 Å². The van der Waals surface area contributed by atoms with Crippen LogP contribution in [0, 0.1) is 6.92 Å². The molecule has 8 nitrogen and oxygen atoms in total. The van der Waals surface area contributed by atoms with Crippen LogP contribution in [-0.2, 0) is 11.3 Å². The van der Waals surface area contributed by atoms with Crippen molar-refractivity contribution in [3.05, 3.63) is 42.0 Å². The highest BCUT2D eigenvalue weighted by Crippen LogP contribution is 2.36. The maximum Gasteiger partial charge on any atom is 0.255 e. The van der Waals surface area contributed by atoms with Crippen molar-refractivity contribution in [3.8, 4) is 5.75 Å². The summed E-state index contributed by atoms with van der Waals surface area (Å²) < 4.78 is 8.09. The van der Waals surface area contributed by atoms with Crippen LogP contribution in [0.3, 0.4) is 0 Å². The Morgan fingerprint density at radius 1 is 1.38 bits per heavy atom. The fraction of sp³-hybridized carbons (Fsp3) is 0.524. The topological polar surface area (TPSA) is 98.1 Å². The maximum atomic E-state index is 12.4. The Balaban J connectivity index is 1.29. The van der Waals surface area contributed by atoms with Crippen LogP contribution in [-0.4, -0.2) is 44.8 Å². The highest BCUT2D eigenvalue weighted by Gasteiger charge is 2.40. The van der Waals surface area contributed by atoms with E-state index in [1.165, 1.54) is 6.33 Å². The highest BCUT2D eigenvalue weighted by atomic mass is 16.5. The molecule has 2 heterocycles. The van der Waals surface area contributed by atoms with Crippen LogP contribution < -0.4 is 15.4 Å². The van der Waals surface area contributed by atoms with Crippen molar-refractivity contribution >= 4 is 11.8 Å². The lowest BCUT2D eigenvalue weighted by Crippen LogP contribution is -2.51. The third-order valence-electron chi connectivity index (χ3n) is 5.80. The van der Waals surface area contributed by atoms with Gasteiger partial charge in [-0.1, -0.05) is 11.6 Å². The van der Waals surface area contributed by atoms with Crippen molar-refractivity contribution in [1.29, 1.82) is 0 Å². The van der Waals surface area contributed by atoms with Crippen LogP contribution in [0.4, 0.5) is 0 Å². The number of fused-ring (bicyclic) bond motifs is 1. The summed E-state index contributed by atoms with van der Waals surface area (Å²) in [4.78, 5) is 28.6. The van der Waals surface area contributed by atoms with Crippen molar-refractivity contribution in [2.45, 2.75) is 63.6 Å². The molecule has 0 bridgehead atoms. The van der Waals surface area contributed by atoms with E-state index in [0.29, 0.717) is 30.8 Å². The zero-order chi connectivity index (χ0) is 20.3. The summed E-state index contributed by atoms with van der Waals surface area (Å²) in [6, 6.07) is 5.88. The molecule has 2 N–H and O–H groups in total. The Kier molecular flexibility index (Phi) is 5.51. The van der Waals surface area contributed by atoms with E-state index < -0.39 is 5.60 Å². The van der Waals surface area contributed by atoms with E-state index in [9.17, 15) is 9.59 Å². The maximum absolute atomic E-state index is 12.4. The summed E-state index contributed by atoms with van der Waals surface area (Å²) in [6.07, 6.45) is 7.63.